The number of hydrogen-bond donors (Lipinski definition) is 0. The molecule has 7 heteroatoms. The Labute approximate surface area is 71.5 Å². The summed E-state index contributed by atoms with van der Waals surface area (Å²) >= 11 is 0. The van der Waals surface area contributed by atoms with Crippen molar-refractivity contribution in [1.29, 1.82) is 0 Å². The molecule has 0 unspecified atom stereocenters. The molecule has 0 aromatic carbocycles. The molecule has 0 saturated carbocycles. The van der Waals surface area contributed by atoms with Crippen LogP contribution in [0.5, 0.6) is 0 Å². The van der Waals surface area contributed by atoms with Crippen molar-refractivity contribution in [3.63, 3.8) is 0 Å². The second-order valence-corrected chi connectivity index (χ2v) is 2.50. The molecule has 0 radical (unpaired) electrons. The normalized spacial score (nSPS) is 14.0. The van der Waals surface area contributed by atoms with Crippen LogP contribution < -0.4 is 0 Å². The van der Waals surface area contributed by atoms with Gasteiger partial charge in [0.05, 0.1) is 11.8 Å². The number of azo groups is 1. The molecule has 0 bridgehead atoms. The van der Waals surface area contributed by atoms with Crippen molar-refractivity contribution in [2.24, 2.45) is 10.2 Å². The van der Waals surface area contributed by atoms with Gasteiger partial charge in [0.25, 0.3) is 0 Å². The van der Waals surface area contributed by atoms with E-state index in [1.807, 2.05) is 0 Å². The highest BCUT2D eigenvalue weighted by Crippen LogP contribution is 2.31. The van der Waals surface area contributed by atoms with Crippen LogP contribution in [0.1, 0.15) is 0 Å². The van der Waals surface area contributed by atoms with E-state index in [0.29, 0.717) is 17.2 Å². The van der Waals surface area contributed by atoms with Crippen molar-refractivity contribution in [3.05, 3.63) is 12.5 Å². The zero-order valence-electron chi connectivity index (χ0n) is 6.25. The lowest BCUT2D eigenvalue weighted by atomic mass is 10.3. The molecular weight excluding hydrogens is 172 g/mol. The summed E-state index contributed by atoms with van der Waals surface area (Å²) in [4.78, 5) is 15.0. The van der Waals surface area contributed by atoms with Crippen LogP contribution in [0.2, 0.25) is 0 Å². The zero-order valence-corrected chi connectivity index (χ0v) is 6.25. The van der Waals surface area contributed by atoms with E-state index in [-0.39, 0.29) is 0 Å². The minimum atomic E-state index is -0.439. The number of rotatable bonds is 0. The third-order valence-corrected chi connectivity index (χ3v) is 1.78. The largest absolute Gasteiger partial charge is 0.373 e. The number of carbonyl (C=O) groups excluding carboxylic acids is 1. The number of fused-ring (bicyclic) bond motifs is 3. The van der Waals surface area contributed by atoms with Gasteiger partial charge in [-0.1, -0.05) is 5.11 Å². The molecule has 3 aliphatic heterocycles. The van der Waals surface area contributed by atoms with Crippen LogP contribution in [-0.2, 0) is 0 Å². The molecule has 3 heterocycles. The van der Waals surface area contributed by atoms with E-state index in [4.69, 9.17) is 0 Å². The van der Waals surface area contributed by atoms with Crippen molar-refractivity contribution in [2.75, 3.05) is 0 Å². The van der Waals surface area contributed by atoms with Gasteiger partial charge < -0.3 is 0 Å². The molecule has 3 aliphatic rings. The van der Waals surface area contributed by atoms with Crippen LogP contribution in [0, 0.1) is 0 Å². The molecule has 0 aromatic rings. The predicted molar refractivity (Wildman–Crippen MR) is 39.7 cm³/mol. The number of nitrogens with zero attached hydrogens (tertiary/aromatic N) is 6. The molecule has 0 saturated heterocycles. The summed E-state index contributed by atoms with van der Waals surface area (Å²) in [5, 5.41) is 14.5. The maximum Gasteiger partial charge on any atom is 0.373 e. The lowest BCUT2D eigenvalue weighted by molar-refractivity contribution is 0.251. The topological polar surface area (TPSA) is 85.4 Å². The van der Waals surface area contributed by atoms with Crippen molar-refractivity contribution in [3.8, 4) is 11.4 Å². The Morgan fingerprint density at radius 2 is 2.23 bits per heavy atom. The molecule has 1 amide bonds. The minimum absolute atomic E-state index is 0.439. The minimum Gasteiger partial charge on any atom is -0.243 e. The Hall–Kier alpha value is -2.18. The fourth-order valence-corrected chi connectivity index (χ4v) is 1.18. The molecule has 0 fully saturated rings. The second-order valence-electron chi connectivity index (χ2n) is 2.50. The van der Waals surface area contributed by atoms with Gasteiger partial charge in [0.15, 0.2) is 11.6 Å². The van der Waals surface area contributed by atoms with E-state index in [9.17, 15) is 4.79 Å². The number of hydrogen-bond acceptors (Lipinski definition) is 5. The van der Waals surface area contributed by atoms with Crippen LogP contribution in [0.25, 0.3) is 11.4 Å². The SMILES string of the molecule is O=C1N=Nc2c3cnnc-3ncn21. The van der Waals surface area contributed by atoms with Gasteiger partial charge in [-0.3, -0.25) is 0 Å². The van der Waals surface area contributed by atoms with Gasteiger partial charge in [-0.25, -0.2) is 14.3 Å². The van der Waals surface area contributed by atoms with Crippen LogP contribution in [0.4, 0.5) is 10.6 Å². The summed E-state index contributed by atoms with van der Waals surface area (Å²) in [6, 6.07) is -0.439. The van der Waals surface area contributed by atoms with Gasteiger partial charge >= 0.3 is 6.03 Å². The van der Waals surface area contributed by atoms with E-state index in [0.717, 1.165) is 0 Å². The third-order valence-electron chi connectivity index (χ3n) is 1.78. The van der Waals surface area contributed by atoms with E-state index in [2.05, 4.69) is 25.4 Å². The third kappa shape index (κ3) is 0.675. The number of aromatic nitrogens is 4. The van der Waals surface area contributed by atoms with Gasteiger partial charge in [-0.2, -0.15) is 5.10 Å². The number of carbonyl (C=O) groups is 1. The predicted octanol–water partition coefficient (Wildman–Crippen LogP) is 0.843. The van der Waals surface area contributed by atoms with E-state index < -0.39 is 6.03 Å². The summed E-state index contributed by atoms with van der Waals surface area (Å²) < 4.78 is 1.26. The van der Waals surface area contributed by atoms with Crippen LogP contribution in [-0.4, -0.2) is 25.8 Å². The van der Waals surface area contributed by atoms with Gasteiger partial charge in [0.2, 0.25) is 0 Å². The van der Waals surface area contributed by atoms with Crippen LogP contribution >= 0.6 is 0 Å². The molecule has 0 atom stereocenters. The second kappa shape index (κ2) is 1.94. The van der Waals surface area contributed by atoms with Gasteiger partial charge in [0, 0.05) is 0 Å². The Balaban J connectivity index is 2.45. The van der Waals surface area contributed by atoms with Gasteiger partial charge in [-0.05, 0) is 0 Å². The Bertz CT molecular complexity index is 500. The van der Waals surface area contributed by atoms with Crippen LogP contribution in [0.3, 0.4) is 0 Å². The first-order chi connectivity index (χ1) is 6.36. The quantitative estimate of drug-likeness (QED) is 0.592. The van der Waals surface area contributed by atoms with Gasteiger partial charge in [0.1, 0.15) is 6.33 Å². The van der Waals surface area contributed by atoms with Crippen molar-refractivity contribution < 1.29 is 4.79 Å². The molecule has 7 nitrogen and oxygen atoms in total. The molecule has 0 aliphatic carbocycles. The summed E-state index contributed by atoms with van der Waals surface area (Å²) in [7, 11) is 0. The molecule has 62 valence electrons. The highest BCUT2D eigenvalue weighted by molar-refractivity contribution is 5.87. The Morgan fingerprint density at radius 3 is 3.15 bits per heavy atom. The van der Waals surface area contributed by atoms with E-state index in [1.54, 1.807) is 0 Å². The first kappa shape index (κ1) is 6.35. The summed E-state index contributed by atoms with van der Waals surface area (Å²) in [5.41, 5.74) is 0.636. The lowest BCUT2D eigenvalue weighted by Gasteiger charge is -2.00. The maximum absolute atomic E-state index is 11.1. The van der Waals surface area contributed by atoms with Crippen molar-refractivity contribution >= 4 is 11.8 Å². The summed E-state index contributed by atoms with van der Waals surface area (Å²) in [5.74, 6) is 0.917. The summed E-state index contributed by atoms with van der Waals surface area (Å²) in [6.07, 6.45) is 2.85. The molecular formula is C6H2N6O. The monoisotopic (exact) mass is 174 g/mol. The fourth-order valence-electron chi connectivity index (χ4n) is 1.18. The first-order valence-corrected chi connectivity index (χ1v) is 3.51. The highest BCUT2D eigenvalue weighted by atomic mass is 16.2. The molecule has 0 N–H and O–H groups in total. The Morgan fingerprint density at radius 1 is 1.31 bits per heavy atom. The van der Waals surface area contributed by atoms with E-state index in [1.165, 1.54) is 17.1 Å². The van der Waals surface area contributed by atoms with Crippen molar-refractivity contribution in [1.82, 2.24) is 19.7 Å². The molecule has 3 rings (SSSR count). The smallest absolute Gasteiger partial charge is 0.243 e. The zero-order chi connectivity index (χ0) is 8.84. The average Bonchev–Trinajstić information content (AvgIpc) is 2.70. The standard InChI is InChI=1S/C6H2N6O/c13-6-11-10-5-3-1-8-9-4(3)7-2-12(5)6/h1-2H. The maximum atomic E-state index is 11.1. The van der Waals surface area contributed by atoms with E-state index >= 15 is 0 Å². The lowest BCUT2D eigenvalue weighted by Crippen LogP contribution is -2.04. The molecule has 13 heavy (non-hydrogen) atoms. The summed E-state index contributed by atoms with van der Waals surface area (Å²) in [6.45, 7) is 0. The fraction of sp³-hybridized carbons (Fsp3) is 0. The highest BCUT2D eigenvalue weighted by Gasteiger charge is 2.22. The average molecular weight is 174 g/mol. The molecule has 0 aromatic heterocycles. The van der Waals surface area contributed by atoms with Crippen LogP contribution in [0.15, 0.2) is 22.8 Å². The first-order valence-electron chi connectivity index (χ1n) is 3.51. The van der Waals surface area contributed by atoms with Gasteiger partial charge in [-0.15, -0.1) is 10.2 Å². The van der Waals surface area contributed by atoms with Crippen molar-refractivity contribution in [2.45, 2.75) is 0 Å². The Kier molecular flexibility index (Phi) is 0.950. The number of amides is 1. The molecule has 0 spiro atoms.